The van der Waals surface area contributed by atoms with Crippen LogP contribution in [0.1, 0.15) is 193 Å². The van der Waals surface area contributed by atoms with E-state index in [1.165, 1.54) is 36.8 Å². The van der Waals surface area contributed by atoms with E-state index in [-0.39, 0.29) is 21.7 Å². The minimum absolute atomic E-state index is 0.111. The first kappa shape index (κ1) is 34.8. The molecule has 4 atom stereocenters. The van der Waals surface area contributed by atoms with Gasteiger partial charge in [0.15, 0.2) is 0 Å². The van der Waals surface area contributed by atoms with Gasteiger partial charge in [-0.05, 0) is 104 Å². The average molecular weight is 595 g/mol. The Labute approximate surface area is 273 Å². The van der Waals surface area contributed by atoms with Crippen LogP contribution in [-0.2, 0) is 21.7 Å². The minimum Gasteiger partial charge on any atom is -0.0648 e. The van der Waals surface area contributed by atoms with Crippen molar-refractivity contribution in [3.8, 4) is 0 Å². The zero-order chi connectivity index (χ0) is 33.2. The first-order chi connectivity index (χ1) is 20.1. The maximum atomic E-state index is 2.65. The molecule has 0 saturated heterocycles. The van der Waals surface area contributed by atoms with E-state index in [0.717, 1.165) is 0 Å². The van der Waals surface area contributed by atoms with Gasteiger partial charge in [-0.15, -0.1) is 0 Å². The van der Waals surface area contributed by atoms with Crippen LogP contribution in [0.5, 0.6) is 0 Å². The van der Waals surface area contributed by atoms with Gasteiger partial charge in [-0.3, -0.25) is 0 Å². The molecule has 0 amide bonds. The number of allylic oxidation sites excluding steroid dienone is 2. The van der Waals surface area contributed by atoms with Crippen molar-refractivity contribution in [3.63, 3.8) is 0 Å². The third kappa shape index (κ3) is 6.44. The van der Waals surface area contributed by atoms with Crippen LogP contribution in [0.4, 0.5) is 0 Å². The molecule has 2 aromatic carbocycles. The lowest BCUT2D eigenvalue weighted by atomic mass is 9.71. The van der Waals surface area contributed by atoms with E-state index in [0.29, 0.717) is 23.7 Å². The minimum atomic E-state index is 0.111. The monoisotopic (exact) mass is 595 g/mol. The van der Waals surface area contributed by atoms with Crippen molar-refractivity contribution in [1.82, 2.24) is 0 Å². The Bertz CT molecular complexity index is 1320. The van der Waals surface area contributed by atoms with E-state index >= 15 is 0 Å². The van der Waals surface area contributed by atoms with Crippen molar-refractivity contribution in [1.29, 1.82) is 0 Å². The lowest BCUT2D eigenvalue weighted by molar-refractivity contribution is 0.500. The fourth-order valence-corrected chi connectivity index (χ4v) is 8.22. The molecule has 0 fully saturated rings. The van der Waals surface area contributed by atoms with Crippen molar-refractivity contribution in [3.05, 3.63) is 79.9 Å². The molecule has 242 valence electrons. The highest BCUT2D eigenvalue weighted by Crippen LogP contribution is 2.54. The lowest BCUT2D eigenvalue weighted by Crippen LogP contribution is -2.22. The normalized spacial score (nSPS) is 20.3. The fraction of sp³-hybridized carbons (Fsp3) is 0.636. The standard InChI is InChI=1S/C44H66/c1-17-27(3)31-25-33-35(41(5,6)7)21-23-37(43(11,12)13)39(33)29(31)19-20-30-32(28(4)18-2)26-34-36(42(8,9)10)22-24-38(40(30)34)44(14,15)16/h21-30H,17-20H2,1-16H3. The van der Waals surface area contributed by atoms with Gasteiger partial charge in [0.05, 0.1) is 0 Å². The molecule has 2 aromatic rings. The third-order valence-corrected chi connectivity index (χ3v) is 11.0. The molecule has 0 spiro atoms. The molecule has 0 radical (unpaired) electrons. The van der Waals surface area contributed by atoms with Crippen molar-refractivity contribution in [2.24, 2.45) is 11.8 Å². The SMILES string of the molecule is CCC(C)C1=Cc2c(C(C)(C)C)ccc(C(C)(C)C)c2C1CCC1C(C(C)CC)=Cc2c(C(C)(C)C)ccc(C(C)(C)C)c21. The Morgan fingerprint density at radius 1 is 0.477 bits per heavy atom. The number of rotatable bonds is 7. The summed E-state index contributed by atoms with van der Waals surface area (Å²) in [7, 11) is 0. The van der Waals surface area contributed by atoms with Gasteiger partial charge in [0, 0.05) is 11.8 Å². The highest BCUT2D eigenvalue weighted by molar-refractivity contribution is 5.75. The summed E-state index contributed by atoms with van der Waals surface area (Å²) < 4.78 is 0. The smallest absolute Gasteiger partial charge is 0.00634 e. The highest BCUT2D eigenvalue weighted by atomic mass is 14.4. The number of hydrogen-bond acceptors (Lipinski definition) is 0. The molecule has 0 N–H and O–H groups in total. The topological polar surface area (TPSA) is 0 Å². The molecular formula is C44H66. The number of fused-ring (bicyclic) bond motifs is 2. The molecule has 0 saturated carbocycles. The maximum Gasteiger partial charge on any atom is 0.00634 e. The van der Waals surface area contributed by atoms with Crippen LogP contribution in [0, 0.1) is 11.8 Å². The van der Waals surface area contributed by atoms with Gasteiger partial charge in [0.25, 0.3) is 0 Å². The Morgan fingerprint density at radius 2 is 0.750 bits per heavy atom. The van der Waals surface area contributed by atoms with Gasteiger partial charge in [0.2, 0.25) is 0 Å². The molecule has 0 bridgehead atoms. The second-order valence-corrected chi connectivity index (χ2v) is 18.6. The van der Waals surface area contributed by atoms with Crippen LogP contribution in [0.2, 0.25) is 0 Å². The van der Waals surface area contributed by atoms with Gasteiger partial charge in [-0.25, -0.2) is 0 Å². The maximum absolute atomic E-state index is 2.65. The first-order valence-corrected chi connectivity index (χ1v) is 17.9. The van der Waals surface area contributed by atoms with Gasteiger partial charge in [0.1, 0.15) is 0 Å². The van der Waals surface area contributed by atoms with E-state index < -0.39 is 0 Å². The summed E-state index contributed by atoms with van der Waals surface area (Å²) in [5.74, 6) is 2.16. The largest absolute Gasteiger partial charge is 0.0648 e. The second-order valence-electron chi connectivity index (χ2n) is 18.6. The molecule has 4 rings (SSSR count). The second kappa shape index (κ2) is 11.9. The molecule has 44 heavy (non-hydrogen) atoms. The van der Waals surface area contributed by atoms with E-state index in [1.807, 2.05) is 0 Å². The first-order valence-electron chi connectivity index (χ1n) is 17.9. The zero-order valence-corrected chi connectivity index (χ0v) is 31.6. The molecule has 2 aliphatic carbocycles. The zero-order valence-electron chi connectivity index (χ0n) is 31.6. The summed E-state index contributed by atoms with van der Waals surface area (Å²) in [6.07, 6.45) is 10.1. The Balaban J connectivity index is 1.91. The lowest BCUT2D eigenvalue weighted by Gasteiger charge is -2.33. The van der Waals surface area contributed by atoms with Crippen molar-refractivity contribution in [2.45, 2.75) is 170 Å². The molecule has 4 unspecified atom stereocenters. The van der Waals surface area contributed by atoms with Gasteiger partial charge in [-0.2, -0.15) is 0 Å². The summed E-state index contributed by atoms with van der Waals surface area (Å²) in [4.78, 5) is 0. The van der Waals surface area contributed by atoms with Crippen LogP contribution < -0.4 is 0 Å². The van der Waals surface area contributed by atoms with Crippen LogP contribution in [0.3, 0.4) is 0 Å². The van der Waals surface area contributed by atoms with Crippen LogP contribution in [0.15, 0.2) is 35.4 Å². The highest BCUT2D eigenvalue weighted by Gasteiger charge is 2.40. The molecule has 0 nitrogen and oxygen atoms in total. The Kier molecular flexibility index (Phi) is 9.44. The number of benzene rings is 2. The van der Waals surface area contributed by atoms with Crippen LogP contribution in [-0.4, -0.2) is 0 Å². The van der Waals surface area contributed by atoms with E-state index in [9.17, 15) is 0 Å². The van der Waals surface area contributed by atoms with E-state index in [2.05, 4.69) is 147 Å². The average Bonchev–Trinajstić information content (AvgIpc) is 3.46. The van der Waals surface area contributed by atoms with Crippen molar-refractivity contribution < 1.29 is 0 Å². The summed E-state index contributed by atoms with van der Waals surface area (Å²) >= 11 is 0. The summed E-state index contributed by atoms with van der Waals surface area (Å²) in [6.45, 7) is 38.5. The van der Waals surface area contributed by atoms with Gasteiger partial charge < -0.3 is 0 Å². The van der Waals surface area contributed by atoms with Crippen LogP contribution in [0.25, 0.3) is 12.2 Å². The predicted molar refractivity (Wildman–Crippen MR) is 197 cm³/mol. The quantitative estimate of drug-likeness (QED) is 0.299. The third-order valence-electron chi connectivity index (χ3n) is 11.0. The van der Waals surface area contributed by atoms with Crippen LogP contribution >= 0.6 is 0 Å². The summed E-state index contributed by atoms with van der Waals surface area (Å²) in [5.41, 5.74) is 16.3. The van der Waals surface area contributed by atoms with Gasteiger partial charge >= 0.3 is 0 Å². The van der Waals surface area contributed by atoms with Gasteiger partial charge in [-0.1, -0.05) is 158 Å². The predicted octanol–water partition coefficient (Wildman–Crippen LogP) is 13.4. The van der Waals surface area contributed by atoms with E-state index in [1.54, 1.807) is 44.5 Å². The summed E-state index contributed by atoms with van der Waals surface area (Å²) in [5, 5.41) is 0. The summed E-state index contributed by atoms with van der Waals surface area (Å²) in [6, 6.07) is 9.88. The molecule has 0 heterocycles. The number of hydrogen-bond donors (Lipinski definition) is 0. The van der Waals surface area contributed by atoms with E-state index in [4.69, 9.17) is 0 Å². The van der Waals surface area contributed by atoms with Crippen molar-refractivity contribution >= 4 is 12.2 Å². The van der Waals surface area contributed by atoms with Crippen molar-refractivity contribution in [2.75, 3.05) is 0 Å². The molecule has 0 heteroatoms. The molecule has 2 aliphatic rings. The molecule has 0 aliphatic heterocycles. The Hall–Kier alpha value is -2.08. The molecular weight excluding hydrogens is 528 g/mol. The molecule has 0 aromatic heterocycles. The Morgan fingerprint density at radius 3 is 1.00 bits per heavy atom. The fourth-order valence-electron chi connectivity index (χ4n) is 8.22.